The third-order valence-electron chi connectivity index (χ3n) is 4.13. The van der Waals surface area contributed by atoms with E-state index in [1.807, 2.05) is 11.9 Å². The summed E-state index contributed by atoms with van der Waals surface area (Å²) in [7, 11) is 4.05. The molecule has 0 aromatic carbocycles. The van der Waals surface area contributed by atoms with Crippen LogP contribution < -0.4 is 5.73 Å². The van der Waals surface area contributed by atoms with E-state index < -0.39 is 0 Å². The molecule has 1 fully saturated rings. The smallest absolute Gasteiger partial charge is 0.172 e. The van der Waals surface area contributed by atoms with Crippen LogP contribution in [0.25, 0.3) is 0 Å². The molecule has 1 heterocycles. The number of rotatable bonds is 1. The third-order valence-corrected chi connectivity index (χ3v) is 4.72. The van der Waals surface area contributed by atoms with Crippen LogP contribution in [0.2, 0.25) is 0 Å². The SMILES string of the molecule is CC(C)C1(C)CN(C)C(=S)N(C)C(C)(N)C1. The van der Waals surface area contributed by atoms with E-state index >= 15 is 0 Å². The lowest BCUT2D eigenvalue weighted by Gasteiger charge is -2.40. The Morgan fingerprint density at radius 1 is 1.31 bits per heavy atom. The molecule has 3 nitrogen and oxygen atoms in total. The first kappa shape index (κ1) is 13.7. The summed E-state index contributed by atoms with van der Waals surface area (Å²) in [4.78, 5) is 4.17. The minimum absolute atomic E-state index is 0.201. The molecule has 4 heteroatoms. The molecule has 1 aliphatic heterocycles. The van der Waals surface area contributed by atoms with Crippen molar-refractivity contribution in [3.63, 3.8) is 0 Å². The number of nitrogens with zero attached hydrogens (tertiary/aromatic N) is 2. The molecular weight excluding hydrogens is 218 g/mol. The van der Waals surface area contributed by atoms with Gasteiger partial charge in [0.2, 0.25) is 0 Å². The molecular formula is C12H25N3S. The van der Waals surface area contributed by atoms with Crippen molar-refractivity contribution in [1.29, 1.82) is 0 Å². The Bertz CT molecular complexity index is 288. The third kappa shape index (κ3) is 2.33. The van der Waals surface area contributed by atoms with E-state index in [-0.39, 0.29) is 11.1 Å². The molecule has 1 saturated heterocycles. The molecule has 0 radical (unpaired) electrons. The first-order chi connectivity index (χ1) is 7.10. The lowest BCUT2D eigenvalue weighted by Crippen LogP contribution is -2.55. The molecule has 2 unspecified atom stereocenters. The van der Waals surface area contributed by atoms with E-state index in [9.17, 15) is 0 Å². The van der Waals surface area contributed by atoms with Gasteiger partial charge in [-0.3, -0.25) is 0 Å². The highest BCUT2D eigenvalue weighted by Gasteiger charge is 2.43. The van der Waals surface area contributed by atoms with Gasteiger partial charge < -0.3 is 15.5 Å². The summed E-state index contributed by atoms with van der Waals surface area (Å²) in [5.74, 6) is 0.590. The van der Waals surface area contributed by atoms with E-state index in [0.717, 1.165) is 18.1 Å². The second kappa shape index (κ2) is 4.15. The van der Waals surface area contributed by atoms with Gasteiger partial charge in [-0.15, -0.1) is 0 Å². The summed E-state index contributed by atoms with van der Waals surface area (Å²) in [6, 6.07) is 0. The largest absolute Gasteiger partial charge is 0.352 e. The van der Waals surface area contributed by atoms with Crippen molar-refractivity contribution >= 4 is 17.3 Å². The molecule has 2 atom stereocenters. The van der Waals surface area contributed by atoms with Crippen LogP contribution in [0.3, 0.4) is 0 Å². The maximum atomic E-state index is 6.40. The normalized spacial score (nSPS) is 36.9. The molecule has 1 rings (SSSR count). The van der Waals surface area contributed by atoms with Gasteiger partial charge in [-0.2, -0.15) is 0 Å². The van der Waals surface area contributed by atoms with Crippen LogP contribution in [0.1, 0.15) is 34.1 Å². The van der Waals surface area contributed by atoms with E-state index in [0.29, 0.717) is 5.92 Å². The highest BCUT2D eigenvalue weighted by molar-refractivity contribution is 7.80. The maximum absolute atomic E-state index is 6.40. The Balaban J connectivity index is 3.10. The zero-order chi connectivity index (χ0) is 12.7. The van der Waals surface area contributed by atoms with Crippen LogP contribution in [0, 0.1) is 11.3 Å². The van der Waals surface area contributed by atoms with Gasteiger partial charge in [-0.25, -0.2) is 0 Å². The van der Waals surface area contributed by atoms with Crippen LogP contribution in [-0.4, -0.2) is 41.2 Å². The monoisotopic (exact) mass is 243 g/mol. The molecule has 16 heavy (non-hydrogen) atoms. The van der Waals surface area contributed by atoms with E-state index in [1.165, 1.54) is 0 Å². The molecule has 0 saturated carbocycles. The molecule has 0 aromatic heterocycles. The van der Waals surface area contributed by atoms with Crippen LogP contribution in [-0.2, 0) is 0 Å². The molecule has 2 N–H and O–H groups in total. The predicted molar refractivity (Wildman–Crippen MR) is 73.1 cm³/mol. The minimum Gasteiger partial charge on any atom is -0.352 e. The fraction of sp³-hybridized carbons (Fsp3) is 0.917. The van der Waals surface area contributed by atoms with Crippen molar-refractivity contribution in [2.75, 3.05) is 20.6 Å². The van der Waals surface area contributed by atoms with Gasteiger partial charge in [0.25, 0.3) is 0 Å². The van der Waals surface area contributed by atoms with Crippen molar-refractivity contribution in [2.45, 2.75) is 39.8 Å². The van der Waals surface area contributed by atoms with Gasteiger partial charge in [0.1, 0.15) is 0 Å². The first-order valence-corrected chi connectivity index (χ1v) is 6.29. The average molecular weight is 243 g/mol. The number of hydrogen-bond acceptors (Lipinski definition) is 2. The zero-order valence-corrected chi connectivity index (χ0v) is 12.2. The summed E-state index contributed by atoms with van der Waals surface area (Å²) in [6.45, 7) is 9.87. The fourth-order valence-electron chi connectivity index (χ4n) is 2.46. The standard InChI is InChI=1S/C12H25N3S/c1-9(2)11(3)7-12(4,13)15(6)10(16)14(5)8-11/h9H,7-8,13H2,1-6H3. The van der Waals surface area contributed by atoms with Gasteiger partial charge >= 0.3 is 0 Å². The van der Waals surface area contributed by atoms with Gasteiger partial charge in [0.15, 0.2) is 5.11 Å². The summed E-state index contributed by atoms with van der Waals surface area (Å²) in [5.41, 5.74) is 6.24. The highest BCUT2D eigenvalue weighted by atomic mass is 32.1. The highest BCUT2D eigenvalue weighted by Crippen LogP contribution is 2.39. The van der Waals surface area contributed by atoms with Crippen molar-refractivity contribution in [2.24, 2.45) is 17.1 Å². The summed E-state index contributed by atoms with van der Waals surface area (Å²) < 4.78 is 0. The first-order valence-electron chi connectivity index (χ1n) is 5.88. The lowest BCUT2D eigenvalue weighted by molar-refractivity contribution is 0.106. The van der Waals surface area contributed by atoms with Crippen LogP contribution in [0.4, 0.5) is 0 Å². The average Bonchev–Trinajstić information content (AvgIpc) is 2.17. The number of thiocarbonyl (C=S) groups is 1. The Kier molecular flexibility index (Phi) is 3.56. The predicted octanol–water partition coefficient (Wildman–Crippen LogP) is 1.88. The quantitative estimate of drug-likeness (QED) is 0.713. The summed E-state index contributed by atoms with van der Waals surface area (Å²) in [5, 5.41) is 0.842. The van der Waals surface area contributed by atoms with Gasteiger partial charge in [-0.1, -0.05) is 20.8 Å². The van der Waals surface area contributed by atoms with Crippen molar-refractivity contribution in [3.8, 4) is 0 Å². The molecule has 0 spiro atoms. The molecule has 0 amide bonds. The summed E-state index contributed by atoms with van der Waals surface area (Å²) >= 11 is 5.45. The van der Waals surface area contributed by atoms with Gasteiger partial charge in [0, 0.05) is 20.6 Å². The second-order valence-corrected chi connectivity index (χ2v) is 6.41. The fourth-order valence-corrected chi connectivity index (χ4v) is 2.74. The zero-order valence-electron chi connectivity index (χ0n) is 11.4. The van der Waals surface area contributed by atoms with Crippen molar-refractivity contribution in [1.82, 2.24) is 9.80 Å². The Morgan fingerprint density at radius 2 is 1.81 bits per heavy atom. The van der Waals surface area contributed by atoms with E-state index in [4.69, 9.17) is 18.0 Å². The van der Waals surface area contributed by atoms with Crippen LogP contribution in [0.5, 0.6) is 0 Å². The molecule has 0 aromatic rings. The summed E-state index contributed by atoms with van der Waals surface area (Å²) in [6.07, 6.45) is 0.957. The van der Waals surface area contributed by atoms with Crippen molar-refractivity contribution in [3.05, 3.63) is 0 Å². The molecule has 0 bridgehead atoms. The lowest BCUT2D eigenvalue weighted by atomic mass is 9.73. The molecule has 0 aliphatic carbocycles. The number of nitrogens with two attached hydrogens (primary N) is 1. The van der Waals surface area contributed by atoms with E-state index in [1.54, 1.807) is 0 Å². The molecule has 1 aliphatic rings. The number of hydrogen-bond donors (Lipinski definition) is 1. The van der Waals surface area contributed by atoms with Gasteiger partial charge in [-0.05, 0) is 36.9 Å². The van der Waals surface area contributed by atoms with Gasteiger partial charge in [0.05, 0.1) is 5.66 Å². The molecule has 94 valence electrons. The van der Waals surface area contributed by atoms with E-state index in [2.05, 4.69) is 39.6 Å². The van der Waals surface area contributed by atoms with Crippen LogP contribution in [0.15, 0.2) is 0 Å². The minimum atomic E-state index is -0.360. The van der Waals surface area contributed by atoms with Crippen molar-refractivity contribution < 1.29 is 0 Å². The topological polar surface area (TPSA) is 32.5 Å². The Hall–Kier alpha value is -0.350. The maximum Gasteiger partial charge on any atom is 0.172 e. The Morgan fingerprint density at radius 3 is 2.25 bits per heavy atom. The second-order valence-electron chi connectivity index (χ2n) is 6.04. The Labute approximate surface area is 105 Å². The van der Waals surface area contributed by atoms with Crippen LogP contribution >= 0.6 is 12.2 Å².